The van der Waals surface area contributed by atoms with Gasteiger partial charge >= 0.3 is 0 Å². The molecule has 0 spiro atoms. The van der Waals surface area contributed by atoms with E-state index in [1.165, 1.54) is 5.56 Å². The summed E-state index contributed by atoms with van der Waals surface area (Å²) in [6.45, 7) is 6.31. The molecule has 0 aliphatic rings. The third-order valence-electron chi connectivity index (χ3n) is 2.38. The van der Waals surface area contributed by atoms with E-state index in [4.69, 9.17) is 12.2 Å². The molecule has 0 heterocycles. The van der Waals surface area contributed by atoms with Crippen molar-refractivity contribution in [3.63, 3.8) is 0 Å². The van der Waals surface area contributed by atoms with Gasteiger partial charge in [0, 0.05) is 11.7 Å². The van der Waals surface area contributed by atoms with E-state index in [2.05, 4.69) is 37.5 Å². The highest BCUT2D eigenvalue weighted by Crippen LogP contribution is 2.12. The van der Waals surface area contributed by atoms with E-state index < -0.39 is 0 Å². The van der Waals surface area contributed by atoms with Gasteiger partial charge in [0.2, 0.25) is 0 Å². The Labute approximate surface area is 97.1 Å². The zero-order valence-corrected chi connectivity index (χ0v) is 10.3. The van der Waals surface area contributed by atoms with Crippen molar-refractivity contribution in [1.82, 2.24) is 5.32 Å². The molecule has 15 heavy (non-hydrogen) atoms. The molecule has 0 fully saturated rings. The monoisotopic (exact) mass is 222 g/mol. The maximum atomic E-state index is 5.22. The Morgan fingerprint density at radius 3 is 2.67 bits per heavy atom. The highest BCUT2D eigenvalue weighted by atomic mass is 32.1. The molecule has 0 aliphatic heterocycles. The van der Waals surface area contributed by atoms with Crippen molar-refractivity contribution >= 4 is 23.0 Å². The number of para-hydroxylation sites is 1. The summed E-state index contributed by atoms with van der Waals surface area (Å²) in [4.78, 5) is 0. The predicted octanol–water partition coefficient (Wildman–Crippen LogP) is 3.08. The topological polar surface area (TPSA) is 24.1 Å². The van der Waals surface area contributed by atoms with E-state index in [9.17, 15) is 0 Å². The number of thiocarbonyl (C=S) groups is 1. The molecule has 1 atom stereocenters. The zero-order valence-electron chi connectivity index (χ0n) is 9.50. The van der Waals surface area contributed by atoms with Crippen molar-refractivity contribution in [3.05, 3.63) is 29.8 Å². The Morgan fingerprint density at radius 2 is 2.07 bits per heavy atom. The van der Waals surface area contributed by atoms with Crippen molar-refractivity contribution in [2.24, 2.45) is 0 Å². The second kappa shape index (κ2) is 5.71. The lowest BCUT2D eigenvalue weighted by molar-refractivity contribution is 0.646. The predicted molar refractivity (Wildman–Crippen MR) is 70.3 cm³/mol. The van der Waals surface area contributed by atoms with Gasteiger partial charge < -0.3 is 10.6 Å². The minimum Gasteiger partial charge on any atom is -0.360 e. The summed E-state index contributed by atoms with van der Waals surface area (Å²) in [7, 11) is 0. The van der Waals surface area contributed by atoms with Crippen LogP contribution in [0.5, 0.6) is 0 Å². The first-order chi connectivity index (χ1) is 7.13. The lowest BCUT2D eigenvalue weighted by atomic mass is 10.2. The molecular formula is C12H18N2S. The van der Waals surface area contributed by atoms with Gasteiger partial charge in [0.1, 0.15) is 0 Å². The van der Waals surface area contributed by atoms with Crippen LogP contribution in [0, 0.1) is 6.92 Å². The third kappa shape index (κ3) is 3.88. The van der Waals surface area contributed by atoms with Crippen LogP contribution in [0.2, 0.25) is 0 Å². The molecule has 1 unspecified atom stereocenters. The van der Waals surface area contributed by atoms with Gasteiger partial charge in [-0.2, -0.15) is 0 Å². The minimum absolute atomic E-state index is 0.411. The number of anilines is 1. The van der Waals surface area contributed by atoms with Crippen LogP contribution >= 0.6 is 12.2 Å². The van der Waals surface area contributed by atoms with Crippen LogP contribution < -0.4 is 10.6 Å². The molecule has 2 nitrogen and oxygen atoms in total. The van der Waals surface area contributed by atoms with Crippen LogP contribution in [0.1, 0.15) is 25.8 Å². The molecule has 1 rings (SSSR count). The molecule has 3 heteroatoms. The van der Waals surface area contributed by atoms with Gasteiger partial charge in [0.05, 0.1) is 0 Å². The van der Waals surface area contributed by atoms with Crippen molar-refractivity contribution in [1.29, 1.82) is 0 Å². The minimum atomic E-state index is 0.411. The van der Waals surface area contributed by atoms with Crippen molar-refractivity contribution in [2.75, 3.05) is 5.32 Å². The van der Waals surface area contributed by atoms with Gasteiger partial charge in [-0.25, -0.2) is 0 Å². The lowest BCUT2D eigenvalue weighted by Gasteiger charge is -2.16. The Hall–Kier alpha value is -1.09. The standard InChI is InChI=1S/C12H18N2S/c1-4-10(3)13-12(15)14-11-8-6-5-7-9(11)2/h5-8,10H,4H2,1-3H3,(H2,13,14,15). The number of nitrogens with one attached hydrogen (secondary N) is 2. The Morgan fingerprint density at radius 1 is 1.40 bits per heavy atom. The fourth-order valence-corrected chi connectivity index (χ4v) is 1.51. The Balaban J connectivity index is 2.55. The number of aryl methyl sites for hydroxylation is 1. The maximum absolute atomic E-state index is 5.22. The molecule has 0 amide bonds. The molecule has 0 saturated carbocycles. The van der Waals surface area contributed by atoms with Gasteiger partial charge in [0.25, 0.3) is 0 Å². The number of benzene rings is 1. The molecule has 0 saturated heterocycles. The largest absolute Gasteiger partial charge is 0.360 e. The van der Waals surface area contributed by atoms with Gasteiger partial charge in [0.15, 0.2) is 5.11 Å². The smallest absolute Gasteiger partial charge is 0.170 e. The fourth-order valence-electron chi connectivity index (χ4n) is 1.20. The van der Waals surface area contributed by atoms with Crippen molar-refractivity contribution in [3.8, 4) is 0 Å². The summed E-state index contributed by atoms with van der Waals surface area (Å²) >= 11 is 5.22. The average Bonchev–Trinajstić information content (AvgIpc) is 2.21. The number of hydrogen-bond donors (Lipinski definition) is 2. The summed E-state index contributed by atoms with van der Waals surface area (Å²) in [5.41, 5.74) is 2.27. The molecular weight excluding hydrogens is 204 g/mol. The van der Waals surface area contributed by atoms with E-state index in [0.717, 1.165) is 12.1 Å². The normalized spacial score (nSPS) is 11.9. The molecule has 0 radical (unpaired) electrons. The van der Waals surface area contributed by atoms with E-state index in [-0.39, 0.29) is 0 Å². The Kier molecular flexibility index (Phi) is 4.56. The van der Waals surface area contributed by atoms with Crippen LogP contribution in [-0.2, 0) is 0 Å². The quantitative estimate of drug-likeness (QED) is 0.769. The summed E-state index contributed by atoms with van der Waals surface area (Å²) in [5.74, 6) is 0. The molecule has 0 aromatic heterocycles. The Bertz CT molecular complexity index is 336. The summed E-state index contributed by atoms with van der Waals surface area (Å²) in [6.07, 6.45) is 1.07. The first kappa shape index (κ1) is 12.0. The van der Waals surface area contributed by atoms with Crippen LogP contribution in [-0.4, -0.2) is 11.2 Å². The fraction of sp³-hybridized carbons (Fsp3) is 0.417. The second-order valence-electron chi connectivity index (χ2n) is 3.72. The second-order valence-corrected chi connectivity index (χ2v) is 4.13. The first-order valence-corrected chi connectivity index (χ1v) is 5.67. The van der Waals surface area contributed by atoms with Crippen LogP contribution in [0.25, 0.3) is 0 Å². The molecule has 1 aromatic rings. The highest BCUT2D eigenvalue weighted by molar-refractivity contribution is 7.80. The van der Waals surface area contributed by atoms with Crippen LogP contribution in [0.15, 0.2) is 24.3 Å². The zero-order chi connectivity index (χ0) is 11.3. The molecule has 82 valence electrons. The maximum Gasteiger partial charge on any atom is 0.170 e. The lowest BCUT2D eigenvalue weighted by Crippen LogP contribution is -2.35. The van der Waals surface area contributed by atoms with Gasteiger partial charge in [-0.15, -0.1) is 0 Å². The van der Waals surface area contributed by atoms with Crippen molar-refractivity contribution in [2.45, 2.75) is 33.2 Å². The molecule has 1 aromatic carbocycles. The number of rotatable bonds is 3. The van der Waals surface area contributed by atoms with E-state index in [1.807, 2.05) is 18.2 Å². The summed E-state index contributed by atoms with van der Waals surface area (Å²) in [6, 6.07) is 8.52. The molecule has 0 aliphatic carbocycles. The third-order valence-corrected chi connectivity index (χ3v) is 2.60. The van der Waals surface area contributed by atoms with Gasteiger partial charge in [-0.05, 0) is 44.1 Å². The molecule has 2 N–H and O–H groups in total. The average molecular weight is 222 g/mol. The van der Waals surface area contributed by atoms with E-state index in [0.29, 0.717) is 11.2 Å². The highest BCUT2D eigenvalue weighted by Gasteiger charge is 2.02. The first-order valence-electron chi connectivity index (χ1n) is 5.26. The van der Waals surface area contributed by atoms with Crippen molar-refractivity contribution < 1.29 is 0 Å². The van der Waals surface area contributed by atoms with Crippen LogP contribution in [0.3, 0.4) is 0 Å². The van der Waals surface area contributed by atoms with E-state index in [1.54, 1.807) is 0 Å². The summed E-state index contributed by atoms with van der Waals surface area (Å²) in [5, 5.41) is 7.11. The van der Waals surface area contributed by atoms with Gasteiger partial charge in [-0.3, -0.25) is 0 Å². The summed E-state index contributed by atoms with van der Waals surface area (Å²) < 4.78 is 0. The van der Waals surface area contributed by atoms with Crippen LogP contribution in [0.4, 0.5) is 5.69 Å². The number of hydrogen-bond acceptors (Lipinski definition) is 1. The SMILES string of the molecule is CCC(C)NC(=S)Nc1ccccc1C. The van der Waals surface area contributed by atoms with E-state index >= 15 is 0 Å². The molecule has 0 bridgehead atoms. The van der Waals surface area contributed by atoms with Gasteiger partial charge in [-0.1, -0.05) is 25.1 Å².